The van der Waals surface area contributed by atoms with E-state index >= 15 is 0 Å². The number of hydrogen-bond donors (Lipinski definition) is 1. The largest absolute Gasteiger partial charge is 0.314 e. The van der Waals surface area contributed by atoms with Crippen LogP contribution < -0.4 is 5.32 Å². The normalized spacial score (nSPS) is 19.3. The number of carbonyl (C=O) groups is 1. The van der Waals surface area contributed by atoms with Crippen LogP contribution >= 0.6 is 0 Å². The van der Waals surface area contributed by atoms with Crippen LogP contribution in [0.1, 0.15) is 60.4 Å². The van der Waals surface area contributed by atoms with Crippen molar-refractivity contribution in [3.05, 3.63) is 75.6 Å². The van der Waals surface area contributed by atoms with Gasteiger partial charge in [0.1, 0.15) is 5.82 Å². The summed E-state index contributed by atoms with van der Waals surface area (Å²) < 4.78 is 12.9. The lowest BCUT2D eigenvalue weighted by molar-refractivity contribution is -0.384. The molecule has 0 aliphatic heterocycles. The number of nitro groups is 1. The van der Waals surface area contributed by atoms with Crippen molar-refractivity contribution in [2.75, 3.05) is 6.54 Å². The summed E-state index contributed by atoms with van der Waals surface area (Å²) in [4.78, 5) is 22.5. The fourth-order valence-corrected chi connectivity index (χ4v) is 3.83. The van der Waals surface area contributed by atoms with Crippen molar-refractivity contribution in [2.45, 2.75) is 50.5 Å². The zero-order chi connectivity index (χ0) is 19.9. The highest BCUT2D eigenvalue weighted by atomic mass is 19.1. The summed E-state index contributed by atoms with van der Waals surface area (Å²) in [6, 6.07) is 13.1. The number of hydrogen-bond acceptors (Lipinski definition) is 4. The minimum atomic E-state index is -0.370. The number of nitrogens with zero attached hydrogens (tertiary/aromatic N) is 1. The molecule has 1 N–H and O–H groups in total. The lowest BCUT2D eigenvalue weighted by Gasteiger charge is -2.29. The number of nitro benzene ring substituents is 1. The predicted octanol–water partition coefficient (Wildman–Crippen LogP) is 5.01. The monoisotopic (exact) mass is 384 g/mol. The first-order valence-electron chi connectivity index (χ1n) is 9.79. The lowest BCUT2D eigenvalue weighted by Crippen LogP contribution is -2.33. The van der Waals surface area contributed by atoms with Gasteiger partial charge in [0.2, 0.25) is 0 Å². The molecule has 1 fully saturated rings. The van der Waals surface area contributed by atoms with E-state index in [1.165, 1.54) is 29.8 Å². The Labute approximate surface area is 164 Å². The van der Waals surface area contributed by atoms with Gasteiger partial charge in [-0.1, -0.05) is 12.1 Å². The molecule has 148 valence electrons. The predicted molar refractivity (Wildman–Crippen MR) is 106 cm³/mol. The Bertz CT molecular complexity index is 798. The van der Waals surface area contributed by atoms with Gasteiger partial charge in [0.05, 0.1) is 4.92 Å². The Kier molecular flexibility index (Phi) is 6.87. The molecule has 1 aliphatic carbocycles. The maximum absolute atomic E-state index is 12.9. The molecule has 28 heavy (non-hydrogen) atoms. The molecule has 0 heterocycles. The molecular formula is C22H25FN2O3. The molecule has 0 aromatic heterocycles. The second-order valence-electron chi connectivity index (χ2n) is 7.38. The molecular weight excluding hydrogens is 359 g/mol. The van der Waals surface area contributed by atoms with Gasteiger partial charge < -0.3 is 5.32 Å². The minimum Gasteiger partial charge on any atom is -0.314 e. The fraction of sp³-hybridized carbons (Fsp3) is 0.409. The van der Waals surface area contributed by atoms with Crippen LogP contribution in [0.25, 0.3) is 0 Å². The van der Waals surface area contributed by atoms with Gasteiger partial charge in [-0.2, -0.15) is 0 Å². The third kappa shape index (κ3) is 5.45. The number of ketones is 1. The number of halogens is 1. The fourth-order valence-electron chi connectivity index (χ4n) is 3.83. The average molecular weight is 384 g/mol. The third-order valence-corrected chi connectivity index (χ3v) is 5.48. The lowest BCUT2D eigenvalue weighted by atomic mass is 9.81. The van der Waals surface area contributed by atoms with Crippen LogP contribution in [-0.4, -0.2) is 23.3 Å². The van der Waals surface area contributed by atoms with Gasteiger partial charge in [0.25, 0.3) is 5.69 Å². The van der Waals surface area contributed by atoms with Gasteiger partial charge in [-0.3, -0.25) is 14.9 Å². The molecule has 0 unspecified atom stereocenters. The summed E-state index contributed by atoms with van der Waals surface area (Å²) in [5.74, 6) is 0.171. The van der Waals surface area contributed by atoms with Crippen LogP contribution in [0.5, 0.6) is 0 Å². The number of rotatable bonds is 8. The molecule has 6 heteroatoms. The number of nitrogens with one attached hydrogen (secondary N) is 1. The Balaban J connectivity index is 1.36. The zero-order valence-corrected chi connectivity index (χ0v) is 15.8. The molecule has 5 nitrogen and oxygen atoms in total. The van der Waals surface area contributed by atoms with Crippen LogP contribution in [0.15, 0.2) is 48.5 Å². The standard InChI is InChI=1S/C22H25FN2O3/c23-19-9-3-18(4-10-19)22(26)2-1-15-24-20-11-5-16(6-12-20)17-7-13-21(14-8-17)25(27)28/h3-4,7-10,13-14,16,20,24H,1-2,5-6,11-12,15H2. The molecule has 0 radical (unpaired) electrons. The van der Waals surface area contributed by atoms with E-state index in [9.17, 15) is 19.3 Å². The van der Waals surface area contributed by atoms with Crippen molar-refractivity contribution >= 4 is 11.5 Å². The summed E-state index contributed by atoms with van der Waals surface area (Å²) >= 11 is 0. The summed E-state index contributed by atoms with van der Waals surface area (Å²) in [5.41, 5.74) is 1.87. The first-order chi connectivity index (χ1) is 13.5. The molecule has 0 amide bonds. The average Bonchev–Trinajstić information content (AvgIpc) is 2.72. The Morgan fingerprint density at radius 3 is 2.29 bits per heavy atom. The van der Waals surface area contributed by atoms with Crippen molar-refractivity contribution < 1.29 is 14.1 Å². The Hall–Kier alpha value is -2.60. The summed E-state index contributed by atoms with van der Waals surface area (Å²) in [6.07, 6.45) is 5.46. The Morgan fingerprint density at radius 1 is 1.04 bits per heavy atom. The van der Waals surface area contributed by atoms with Crippen LogP contribution in [0.4, 0.5) is 10.1 Å². The third-order valence-electron chi connectivity index (χ3n) is 5.48. The van der Waals surface area contributed by atoms with E-state index in [2.05, 4.69) is 5.32 Å². The van der Waals surface area contributed by atoms with Crippen LogP contribution in [0.2, 0.25) is 0 Å². The van der Waals surface area contributed by atoms with Gasteiger partial charge in [0.15, 0.2) is 5.78 Å². The molecule has 2 aromatic rings. The van der Waals surface area contributed by atoms with E-state index < -0.39 is 0 Å². The SMILES string of the molecule is O=C(CCCNC1CCC(c2ccc([N+](=O)[O-])cc2)CC1)c1ccc(F)cc1. The highest BCUT2D eigenvalue weighted by molar-refractivity contribution is 5.95. The van der Waals surface area contributed by atoms with Crippen LogP contribution in [-0.2, 0) is 0 Å². The van der Waals surface area contributed by atoms with E-state index in [1.54, 1.807) is 12.1 Å². The summed E-state index contributed by atoms with van der Waals surface area (Å²) in [5, 5.41) is 14.3. The van der Waals surface area contributed by atoms with E-state index in [-0.39, 0.29) is 22.2 Å². The van der Waals surface area contributed by atoms with Crippen molar-refractivity contribution in [1.82, 2.24) is 5.32 Å². The number of Topliss-reactive ketones (excluding diaryl/α,β-unsaturated/α-hetero) is 1. The minimum absolute atomic E-state index is 0.0451. The van der Waals surface area contributed by atoms with Gasteiger partial charge in [0, 0.05) is 30.2 Å². The van der Waals surface area contributed by atoms with E-state index in [0.29, 0.717) is 23.9 Å². The molecule has 0 spiro atoms. The highest BCUT2D eigenvalue weighted by Crippen LogP contribution is 2.33. The zero-order valence-electron chi connectivity index (χ0n) is 15.8. The molecule has 2 aromatic carbocycles. The quantitative estimate of drug-likeness (QED) is 0.300. The smallest absolute Gasteiger partial charge is 0.269 e. The van der Waals surface area contributed by atoms with Gasteiger partial charge in [-0.25, -0.2) is 4.39 Å². The molecule has 1 saturated carbocycles. The van der Waals surface area contributed by atoms with Crippen molar-refractivity contribution in [3.8, 4) is 0 Å². The Morgan fingerprint density at radius 2 is 1.68 bits per heavy atom. The molecule has 0 atom stereocenters. The number of benzene rings is 2. The first-order valence-corrected chi connectivity index (χ1v) is 9.79. The first kappa shape index (κ1) is 20.1. The second-order valence-corrected chi connectivity index (χ2v) is 7.38. The van der Waals surface area contributed by atoms with E-state index in [0.717, 1.165) is 38.6 Å². The van der Waals surface area contributed by atoms with E-state index in [4.69, 9.17) is 0 Å². The maximum atomic E-state index is 12.9. The van der Waals surface area contributed by atoms with Gasteiger partial charge in [-0.05, 0) is 74.4 Å². The molecule has 1 aliphatic rings. The second kappa shape index (κ2) is 9.55. The van der Waals surface area contributed by atoms with Crippen LogP contribution in [0.3, 0.4) is 0 Å². The molecule has 0 bridgehead atoms. The topological polar surface area (TPSA) is 72.2 Å². The van der Waals surface area contributed by atoms with Crippen molar-refractivity contribution in [2.24, 2.45) is 0 Å². The molecule has 3 rings (SSSR count). The van der Waals surface area contributed by atoms with Crippen molar-refractivity contribution in [3.63, 3.8) is 0 Å². The number of carbonyl (C=O) groups excluding carboxylic acids is 1. The van der Waals surface area contributed by atoms with Gasteiger partial charge >= 0.3 is 0 Å². The van der Waals surface area contributed by atoms with E-state index in [1.807, 2.05) is 12.1 Å². The summed E-state index contributed by atoms with van der Waals surface area (Å²) in [6.45, 7) is 0.791. The van der Waals surface area contributed by atoms with Crippen molar-refractivity contribution in [1.29, 1.82) is 0 Å². The summed E-state index contributed by atoms with van der Waals surface area (Å²) in [7, 11) is 0. The maximum Gasteiger partial charge on any atom is 0.269 e. The van der Waals surface area contributed by atoms with Gasteiger partial charge in [-0.15, -0.1) is 0 Å². The number of non-ortho nitro benzene ring substituents is 1. The molecule has 0 saturated heterocycles. The highest BCUT2D eigenvalue weighted by Gasteiger charge is 2.22. The van der Waals surface area contributed by atoms with Crippen LogP contribution in [0, 0.1) is 15.9 Å².